The topological polar surface area (TPSA) is 58.4 Å². The Bertz CT molecular complexity index is 463. The third-order valence-electron chi connectivity index (χ3n) is 4.57. The Morgan fingerprint density at radius 3 is 2.82 bits per heavy atom. The third kappa shape index (κ3) is 4.82. The molecule has 1 fully saturated rings. The van der Waals surface area contributed by atoms with Crippen molar-refractivity contribution in [1.82, 2.24) is 10.2 Å². The Balaban J connectivity index is 1.78. The fraction of sp³-hybridized carbons (Fsp3) is 0.611. The van der Waals surface area contributed by atoms with Gasteiger partial charge in [0.2, 0.25) is 5.91 Å². The summed E-state index contributed by atoms with van der Waals surface area (Å²) >= 11 is 0. The average Bonchev–Trinajstić information content (AvgIpc) is 2.97. The summed E-state index contributed by atoms with van der Waals surface area (Å²) in [5.41, 5.74) is 7.23. The molecule has 2 rings (SSSR count). The zero-order valence-electron chi connectivity index (χ0n) is 13.8. The van der Waals surface area contributed by atoms with Gasteiger partial charge in [-0.25, -0.2) is 0 Å². The first kappa shape index (κ1) is 17.0. The van der Waals surface area contributed by atoms with Crippen molar-refractivity contribution < 1.29 is 4.79 Å². The van der Waals surface area contributed by atoms with E-state index in [-0.39, 0.29) is 18.0 Å². The molecule has 1 aromatic carbocycles. The van der Waals surface area contributed by atoms with Crippen LogP contribution in [-0.2, 0) is 11.3 Å². The van der Waals surface area contributed by atoms with Gasteiger partial charge >= 0.3 is 0 Å². The van der Waals surface area contributed by atoms with Crippen molar-refractivity contribution in [3.8, 4) is 0 Å². The number of likely N-dealkylation sites (tertiary alicyclic amines) is 1. The molecule has 122 valence electrons. The van der Waals surface area contributed by atoms with Gasteiger partial charge in [0.15, 0.2) is 0 Å². The number of carbonyl (C=O) groups is 1. The largest absolute Gasteiger partial charge is 0.352 e. The molecule has 0 spiro atoms. The molecule has 1 amide bonds. The van der Waals surface area contributed by atoms with E-state index in [9.17, 15) is 4.79 Å². The van der Waals surface area contributed by atoms with Crippen LogP contribution >= 0.6 is 0 Å². The number of hydrogen-bond donors (Lipinski definition) is 2. The second-order valence-corrected chi connectivity index (χ2v) is 6.46. The third-order valence-corrected chi connectivity index (χ3v) is 4.57. The predicted molar refractivity (Wildman–Crippen MR) is 90.3 cm³/mol. The molecule has 0 aliphatic carbocycles. The van der Waals surface area contributed by atoms with Crippen molar-refractivity contribution in [3.63, 3.8) is 0 Å². The minimum absolute atomic E-state index is 0.00383. The van der Waals surface area contributed by atoms with E-state index < -0.39 is 0 Å². The van der Waals surface area contributed by atoms with E-state index in [4.69, 9.17) is 5.73 Å². The van der Waals surface area contributed by atoms with Gasteiger partial charge in [-0.05, 0) is 37.8 Å². The zero-order valence-corrected chi connectivity index (χ0v) is 13.8. The molecule has 3 unspecified atom stereocenters. The maximum atomic E-state index is 12.0. The van der Waals surface area contributed by atoms with Gasteiger partial charge in [0.05, 0.1) is 6.04 Å². The highest BCUT2D eigenvalue weighted by atomic mass is 16.2. The molecule has 0 radical (unpaired) electrons. The molecule has 4 heteroatoms. The number of hydrogen-bond acceptors (Lipinski definition) is 3. The summed E-state index contributed by atoms with van der Waals surface area (Å²) in [6, 6.07) is 10.4. The van der Waals surface area contributed by atoms with Crippen LogP contribution in [0.25, 0.3) is 0 Å². The summed E-state index contributed by atoms with van der Waals surface area (Å²) in [6.45, 7) is 7.29. The van der Waals surface area contributed by atoms with E-state index >= 15 is 0 Å². The van der Waals surface area contributed by atoms with Crippen LogP contribution < -0.4 is 11.1 Å². The molecule has 0 saturated carbocycles. The quantitative estimate of drug-likeness (QED) is 0.811. The van der Waals surface area contributed by atoms with Crippen LogP contribution in [0.3, 0.4) is 0 Å². The van der Waals surface area contributed by atoms with Crippen molar-refractivity contribution in [3.05, 3.63) is 35.9 Å². The standard InChI is InChI=1S/C18H29N3O/c1-3-7-17(19)18(22)20-14(2)16-10-11-21(13-16)12-15-8-5-4-6-9-15/h4-6,8-9,14,16-17H,3,7,10-13,19H2,1-2H3,(H,20,22). The van der Waals surface area contributed by atoms with E-state index in [1.807, 2.05) is 6.07 Å². The molecule has 3 N–H and O–H groups in total. The molecule has 1 saturated heterocycles. The highest BCUT2D eigenvalue weighted by molar-refractivity contribution is 5.81. The van der Waals surface area contributed by atoms with Gasteiger partial charge in [-0.3, -0.25) is 9.69 Å². The molecule has 0 bridgehead atoms. The van der Waals surface area contributed by atoms with Crippen LogP contribution in [0.15, 0.2) is 30.3 Å². The molecule has 3 atom stereocenters. The fourth-order valence-electron chi connectivity index (χ4n) is 3.15. The van der Waals surface area contributed by atoms with Crippen molar-refractivity contribution >= 4 is 5.91 Å². The van der Waals surface area contributed by atoms with E-state index in [0.29, 0.717) is 5.92 Å². The van der Waals surface area contributed by atoms with Crippen LogP contribution in [0.4, 0.5) is 0 Å². The number of carbonyl (C=O) groups excluding carboxylic acids is 1. The van der Waals surface area contributed by atoms with Gasteiger partial charge in [0.25, 0.3) is 0 Å². The van der Waals surface area contributed by atoms with E-state index in [0.717, 1.165) is 38.9 Å². The molecule has 1 aliphatic rings. The Labute approximate surface area is 134 Å². The minimum Gasteiger partial charge on any atom is -0.352 e. The molecule has 22 heavy (non-hydrogen) atoms. The first-order chi connectivity index (χ1) is 10.6. The van der Waals surface area contributed by atoms with Crippen LogP contribution in [0.5, 0.6) is 0 Å². The number of rotatable bonds is 7. The normalized spacial score (nSPS) is 21.5. The molecule has 0 aromatic heterocycles. The second kappa shape index (κ2) is 8.30. The first-order valence-corrected chi connectivity index (χ1v) is 8.42. The summed E-state index contributed by atoms with van der Waals surface area (Å²) < 4.78 is 0. The lowest BCUT2D eigenvalue weighted by atomic mass is 10.00. The maximum Gasteiger partial charge on any atom is 0.237 e. The van der Waals surface area contributed by atoms with Crippen LogP contribution in [0.1, 0.15) is 38.7 Å². The summed E-state index contributed by atoms with van der Waals surface area (Å²) in [6.07, 6.45) is 2.83. The SMILES string of the molecule is CCCC(N)C(=O)NC(C)C1CCN(Cc2ccccc2)C1. The summed E-state index contributed by atoms with van der Waals surface area (Å²) in [5.74, 6) is 0.511. The van der Waals surface area contributed by atoms with Gasteiger partial charge in [-0.1, -0.05) is 43.7 Å². The Morgan fingerprint density at radius 2 is 2.14 bits per heavy atom. The average molecular weight is 303 g/mol. The molecular weight excluding hydrogens is 274 g/mol. The Hall–Kier alpha value is -1.39. The van der Waals surface area contributed by atoms with E-state index in [1.165, 1.54) is 5.56 Å². The molecule has 1 heterocycles. The van der Waals surface area contributed by atoms with Crippen molar-refractivity contribution in [2.24, 2.45) is 11.7 Å². The number of amides is 1. The van der Waals surface area contributed by atoms with Crippen LogP contribution in [0.2, 0.25) is 0 Å². The summed E-state index contributed by atoms with van der Waals surface area (Å²) in [5, 5.41) is 3.10. The lowest BCUT2D eigenvalue weighted by Gasteiger charge is -2.23. The first-order valence-electron chi connectivity index (χ1n) is 8.42. The van der Waals surface area contributed by atoms with Crippen molar-refractivity contribution in [1.29, 1.82) is 0 Å². The number of nitrogens with zero attached hydrogens (tertiary/aromatic N) is 1. The zero-order chi connectivity index (χ0) is 15.9. The molecule has 1 aliphatic heterocycles. The van der Waals surface area contributed by atoms with Crippen molar-refractivity contribution in [2.45, 2.75) is 51.7 Å². The van der Waals surface area contributed by atoms with Gasteiger partial charge < -0.3 is 11.1 Å². The minimum atomic E-state index is -0.366. The second-order valence-electron chi connectivity index (χ2n) is 6.46. The molecule has 1 aromatic rings. The Kier molecular flexibility index (Phi) is 6.40. The number of nitrogens with one attached hydrogen (secondary N) is 1. The lowest BCUT2D eigenvalue weighted by Crippen LogP contribution is -2.47. The Morgan fingerprint density at radius 1 is 1.41 bits per heavy atom. The van der Waals surface area contributed by atoms with Crippen LogP contribution in [0, 0.1) is 5.92 Å². The molecular formula is C18H29N3O. The molecule has 4 nitrogen and oxygen atoms in total. The number of benzene rings is 1. The highest BCUT2D eigenvalue weighted by Gasteiger charge is 2.28. The highest BCUT2D eigenvalue weighted by Crippen LogP contribution is 2.21. The van der Waals surface area contributed by atoms with E-state index in [2.05, 4.69) is 48.3 Å². The predicted octanol–water partition coefficient (Wildman–Crippen LogP) is 2.14. The monoisotopic (exact) mass is 303 g/mol. The lowest BCUT2D eigenvalue weighted by molar-refractivity contribution is -0.123. The van der Waals surface area contributed by atoms with Gasteiger partial charge in [-0.2, -0.15) is 0 Å². The van der Waals surface area contributed by atoms with Gasteiger partial charge in [-0.15, -0.1) is 0 Å². The summed E-state index contributed by atoms with van der Waals surface area (Å²) in [7, 11) is 0. The van der Waals surface area contributed by atoms with Crippen LogP contribution in [-0.4, -0.2) is 36.0 Å². The number of nitrogens with two attached hydrogens (primary N) is 1. The van der Waals surface area contributed by atoms with Crippen molar-refractivity contribution in [2.75, 3.05) is 13.1 Å². The maximum absolute atomic E-state index is 12.0. The fourth-order valence-corrected chi connectivity index (χ4v) is 3.15. The van der Waals surface area contributed by atoms with Gasteiger partial charge in [0, 0.05) is 19.1 Å². The van der Waals surface area contributed by atoms with E-state index in [1.54, 1.807) is 0 Å². The van der Waals surface area contributed by atoms with Gasteiger partial charge in [0.1, 0.15) is 0 Å². The smallest absolute Gasteiger partial charge is 0.237 e. The summed E-state index contributed by atoms with van der Waals surface area (Å²) in [4.78, 5) is 14.5.